The van der Waals surface area contributed by atoms with E-state index in [9.17, 15) is 14.4 Å². The van der Waals surface area contributed by atoms with Crippen LogP contribution in [0.4, 0.5) is 0 Å². The van der Waals surface area contributed by atoms with Gasteiger partial charge in [0, 0.05) is 25.6 Å². The number of amides is 3. The minimum absolute atomic E-state index is 0. The summed E-state index contributed by atoms with van der Waals surface area (Å²) in [6.45, 7) is 0.435. The standard InChI is InChI=1S/C19H23N3O4.ClH/c20-12(11-4-2-1-3-5-11)10-21-15(23)8-9-22-18(24)16-13-6-7-14(26-13)17(16)19(22)25;/h1-5,12-14,16-17H,6-10,20H2,(H,21,23);1H. The third kappa shape index (κ3) is 3.59. The Morgan fingerprint density at radius 1 is 1.15 bits per heavy atom. The summed E-state index contributed by atoms with van der Waals surface area (Å²) in [7, 11) is 0. The molecule has 8 heteroatoms. The van der Waals surface area contributed by atoms with E-state index in [1.165, 1.54) is 4.90 Å². The lowest BCUT2D eigenvalue weighted by atomic mass is 9.81. The Bertz CT molecular complexity index is 701. The van der Waals surface area contributed by atoms with Crippen molar-refractivity contribution in [3.8, 4) is 0 Å². The Kier molecular flexibility index (Phi) is 5.83. The zero-order chi connectivity index (χ0) is 18.3. The Balaban J connectivity index is 0.00000210. The van der Waals surface area contributed by atoms with Gasteiger partial charge in [-0.2, -0.15) is 0 Å². The van der Waals surface area contributed by atoms with Gasteiger partial charge >= 0.3 is 0 Å². The van der Waals surface area contributed by atoms with Crippen LogP contribution in [0.5, 0.6) is 0 Å². The predicted octanol–water partition coefficient (Wildman–Crippen LogP) is 0.777. The van der Waals surface area contributed by atoms with Crippen molar-refractivity contribution in [2.45, 2.75) is 37.5 Å². The summed E-state index contributed by atoms with van der Waals surface area (Å²) in [5.74, 6) is -1.25. The maximum absolute atomic E-state index is 12.5. The molecule has 3 heterocycles. The van der Waals surface area contributed by atoms with Gasteiger partial charge in [0.2, 0.25) is 17.7 Å². The van der Waals surface area contributed by atoms with Gasteiger partial charge in [0.15, 0.2) is 0 Å². The number of carbonyl (C=O) groups excluding carboxylic acids is 3. The smallest absolute Gasteiger partial charge is 0.235 e. The normalized spacial score (nSPS) is 29.4. The molecule has 0 radical (unpaired) electrons. The van der Waals surface area contributed by atoms with Crippen LogP contribution in [-0.4, -0.2) is 47.9 Å². The number of likely N-dealkylation sites (tertiary alicyclic amines) is 1. The third-order valence-electron chi connectivity index (χ3n) is 5.68. The second-order valence-electron chi connectivity index (χ2n) is 7.24. The molecule has 27 heavy (non-hydrogen) atoms. The van der Waals surface area contributed by atoms with Crippen molar-refractivity contribution < 1.29 is 19.1 Å². The van der Waals surface area contributed by atoms with Crippen LogP contribution in [0.15, 0.2) is 30.3 Å². The molecule has 2 bridgehead atoms. The Hall–Kier alpha value is -1.96. The minimum Gasteiger partial charge on any atom is -0.373 e. The zero-order valence-corrected chi connectivity index (χ0v) is 15.7. The molecule has 5 unspecified atom stereocenters. The molecule has 3 amide bonds. The van der Waals surface area contributed by atoms with E-state index in [-0.39, 0.29) is 73.2 Å². The number of rotatable bonds is 6. The van der Waals surface area contributed by atoms with E-state index in [1.807, 2.05) is 30.3 Å². The van der Waals surface area contributed by atoms with Gasteiger partial charge in [-0.3, -0.25) is 19.3 Å². The van der Waals surface area contributed by atoms with E-state index in [0.29, 0.717) is 6.54 Å². The van der Waals surface area contributed by atoms with Crippen LogP contribution in [0, 0.1) is 11.8 Å². The molecule has 0 aromatic heterocycles. The molecule has 0 saturated carbocycles. The zero-order valence-electron chi connectivity index (χ0n) is 14.9. The first kappa shape index (κ1) is 19.8. The highest BCUT2D eigenvalue weighted by Crippen LogP contribution is 2.48. The summed E-state index contributed by atoms with van der Waals surface area (Å²) in [5, 5.41) is 2.78. The van der Waals surface area contributed by atoms with Gasteiger partial charge in [-0.25, -0.2) is 0 Å². The Labute approximate surface area is 164 Å². The number of nitrogens with two attached hydrogens (primary N) is 1. The molecule has 7 nitrogen and oxygen atoms in total. The lowest BCUT2D eigenvalue weighted by Crippen LogP contribution is -2.38. The topological polar surface area (TPSA) is 102 Å². The number of fused-ring (bicyclic) bond motifs is 5. The predicted molar refractivity (Wildman–Crippen MR) is 99.8 cm³/mol. The molecule has 3 saturated heterocycles. The molecule has 3 aliphatic rings. The molecular weight excluding hydrogens is 370 g/mol. The summed E-state index contributed by atoms with van der Waals surface area (Å²) >= 11 is 0. The molecule has 1 aromatic carbocycles. The Morgan fingerprint density at radius 2 is 1.74 bits per heavy atom. The molecular formula is C19H24ClN3O4. The number of imide groups is 1. The summed E-state index contributed by atoms with van der Waals surface area (Å²) in [5.41, 5.74) is 7.00. The number of hydrogen-bond donors (Lipinski definition) is 2. The van der Waals surface area contributed by atoms with E-state index >= 15 is 0 Å². The van der Waals surface area contributed by atoms with E-state index < -0.39 is 0 Å². The number of nitrogens with zero attached hydrogens (tertiary/aromatic N) is 1. The highest BCUT2D eigenvalue weighted by molar-refractivity contribution is 6.06. The van der Waals surface area contributed by atoms with Gasteiger partial charge in [-0.1, -0.05) is 30.3 Å². The highest BCUT2D eigenvalue weighted by Gasteiger charge is 2.62. The van der Waals surface area contributed by atoms with Crippen molar-refractivity contribution in [3.05, 3.63) is 35.9 Å². The number of halogens is 1. The van der Waals surface area contributed by atoms with Gasteiger partial charge in [0.1, 0.15) is 0 Å². The minimum atomic E-state index is -0.337. The van der Waals surface area contributed by atoms with Gasteiger partial charge in [-0.15, -0.1) is 12.4 Å². The van der Waals surface area contributed by atoms with Crippen LogP contribution in [0.3, 0.4) is 0 Å². The largest absolute Gasteiger partial charge is 0.373 e. The van der Waals surface area contributed by atoms with Crippen LogP contribution in [0.25, 0.3) is 0 Å². The highest BCUT2D eigenvalue weighted by atomic mass is 35.5. The molecule has 1 aromatic rings. The van der Waals surface area contributed by atoms with Crippen LogP contribution in [-0.2, 0) is 19.1 Å². The summed E-state index contributed by atoms with van der Waals surface area (Å²) in [4.78, 5) is 38.4. The lowest BCUT2D eigenvalue weighted by Gasteiger charge is -2.18. The molecule has 3 aliphatic heterocycles. The fourth-order valence-electron chi connectivity index (χ4n) is 4.34. The summed E-state index contributed by atoms with van der Waals surface area (Å²) < 4.78 is 5.70. The Morgan fingerprint density at radius 3 is 2.33 bits per heavy atom. The van der Waals surface area contributed by atoms with Crippen molar-refractivity contribution in [1.29, 1.82) is 0 Å². The number of hydrogen-bond acceptors (Lipinski definition) is 5. The van der Waals surface area contributed by atoms with Gasteiger partial charge in [0.25, 0.3) is 0 Å². The number of carbonyl (C=O) groups is 3. The first-order valence-corrected chi connectivity index (χ1v) is 9.14. The first-order valence-electron chi connectivity index (χ1n) is 9.14. The number of ether oxygens (including phenoxy) is 1. The number of benzene rings is 1. The van der Waals surface area contributed by atoms with E-state index in [4.69, 9.17) is 10.5 Å². The van der Waals surface area contributed by atoms with Gasteiger partial charge < -0.3 is 15.8 Å². The summed E-state index contributed by atoms with van der Waals surface area (Å²) in [6.07, 6.45) is 1.54. The van der Waals surface area contributed by atoms with Crippen molar-refractivity contribution >= 4 is 30.1 Å². The second-order valence-corrected chi connectivity index (χ2v) is 7.24. The van der Waals surface area contributed by atoms with E-state index in [2.05, 4.69) is 5.32 Å². The first-order chi connectivity index (χ1) is 12.6. The van der Waals surface area contributed by atoms with E-state index in [1.54, 1.807) is 0 Å². The van der Waals surface area contributed by atoms with Crippen LogP contribution >= 0.6 is 12.4 Å². The molecule has 3 fully saturated rings. The molecule has 4 rings (SSSR count). The van der Waals surface area contributed by atoms with Crippen molar-refractivity contribution in [3.63, 3.8) is 0 Å². The molecule has 5 atom stereocenters. The van der Waals surface area contributed by atoms with Crippen LogP contribution < -0.4 is 11.1 Å². The molecule has 146 valence electrons. The lowest BCUT2D eigenvalue weighted by molar-refractivity contribution is -0.142. The van der Waals surface area contributed by atoms with Crippen LogP contribution in [0.1, 0.15) is 30.9 Å². The van der Waals surface area contributed by atoms with Gasteiger partial charge in [0.05, 0.1) is 24.0 Å². The number of nitrogens with one attached hydrogen (secondary N) is 1. The molecule has 3 N–H and O–H groups in total. The van der Waals surface area contributed by atoms with Gasteiger partial charge in [-0.05, 0) is 18.4 Å². The maximum atomic E-state index is 12.5. The fourth-order valence-corrected chi connectivity index (χ4v) is 4.34. The van der Waals surface area contributed by atoms with Crippen molar-refractivity contribution in [1.82, 2.24) is 10.2 Å². The average molecular weight is 394 g/mol. The van der Waals surface area contributed by atoms with E-state index in [0.717, 1.165) is 18.4 Å². The monoisotopic (exact) mass is 393 g/mol. The molecule has 0 aliphatic carbocycles. The third-order valence-corrected chi connectivity index (χ3v) is 5.68. The second kappa shape index (κ2) is 7.96. The summed E-state index contributed by atoms with van der Waals surface area (Å²) in [6, 6.07) is 9.24. The maximum Gasteiger partial charge on any atom is 0.235 e. The van der Waals surface area contributed by atoms with Crippen molar-refractivity contribution in [2.75, 3.05) is 13.1 Å². The van der Waals surface area contributed by atoms with Crippen LogP contribution in [0.2, 0.25) is 0 Å². The quantitative estimate of drug-likeness (QED) is 0.695. The SMILES string of the molecule is Cl.NC(CNC(=O)CCN1C(=O)C2C3CCC(O3)C2C1=O)c1ccccc1. The average Bonchev–Trinajstić information content (AvgIpc) is 3.33. The fraction of sp³-hybridized carbons (Fsp3) is 0.526. The molecule has 0 spiro atoms. The van der Waals surface area contributed by atoms with Crippen molar-refractivity contribution in [2.24, 2.45) is 17.6 Å².